The van der Waals surface area contributed by atoms with Crippen LogP contribution in [0.15, 0.2) is 24.3 Å². The van der Waals surface area contributed by atoms with Crippen molar-refractivity contribution in [3.63, 3.8) is 0 Å². The highest BCUT2D eigenvalue weighted by atomic mass is 19.1. The Labute approximate surface area is 148 Å². The maximum Gasteiger partial charge on any atom is 0.410 e. The maximum absolute atomic E-state index is 13.3. The normalized spacial score (nSPS) is 18.0. The third kappa shape index (κ3) is 5.73. The molecule has 2 rings (SSSR count). The Kier molecular flexibility index (Phi) is 6.03. The van der Waals surface area contributed by atoms with Gasteiger partial charge in [-0.25, -0.2) is 9.18 Å². The Hall–Kier alpha value is -2.11. The van der Waals surface area contributed by atoms with Crippen LogP contribution in [0.2, 0.25) is 0 Å². The molecule has 0 radical (unpaired) electrons. The summed E-state index contributed by atoms with van der Waals surface area (Å²) in [5.41, 5.74) is 0.193. The fraction of sp³-hybridized carbons (Fsp3) is 0.579. The Bertz CT molecular complexity index is 627. The zero-order chi connectivity index (χ0) is 18.6. The molecule has 1 heterocycles. The molecule has 1 saturated heterocycles. The van der Waals surface area contributed by atoms with Crippen LogP contribution in [0.4, 0.5) is 9.18 Å². The van der Waals surface area contributed by atoms with Gasteiger partial charge in [-0.15, -0.1) is 0 Å². The summed E-state index contributed by atoms with van der Waals surface area (Å²) in [6, 6.07) is 6.23. The Morgan fingerprint density at radius 3 is 2.72 bits per heavy atom. The van der Waals surface area contributed by atoms with Crippen LogP contribution < -0.4 is 0 Å². The van der Waals surface area contributed by atoms with E-state index in [9.17, 15) is 14.0 Å². The van der Waals surface area contributed by atoms with Crippen LogP contribution >= 0.6 is 0 Å². The summed E-state index contributed by atoms with van der Waals surface area (Å²) in [7, 11) is 1.71. The van der Waals surface area contributed by atoms with Crippen LogP contribution in [0.3, 0.4) is 0 Å². The molecule has 1 fully saturated rings. The van der Waals surface area contributed by atoms with Gasteiger partial charge >= 0.3 is 6.09 Å². The van der Waals surface area contributed by atoms with E-state index in [0.717, 1.165) is 18.4 Å². The molecule has 1 aromatic rings. The first-order chi connectivity index (χ1) is 11.7. The summed E-state index contributed by atoms with van der Waals surface area (Å²) < 4.78 is 18.7. The number of likely N-dealkylation sites (tertiary alicyclic amines) is 1. The number of carbonyl (C=O) groups excluding carboxylic acids is 2. The van der Waals surface area contributed by atoms with Gasteiger partial charge in [0, 0.05) is 26.7 Å². The van der Waals surface area contributed by atoms with Crippen molar-refractivity contribution in [1.29, 1.82) is 0 Å². The van der Waals surface area contributed by atoms with Gasteiger partial charge in [-0.1, -0.05) is 12.1 Å². The third-order valence-electron chi connectivity index (χ3n) is 4.11. The Balaban J connectivity index is 1.95. The highest BCUT2D eigenvalue weighted by Gasteiger charge is 2.32. The summed E-state index contributed by atoms with van der Waals surface area (Å²) in [5.74, 6) is -0.593. The lowest BCUT2D eigenvalue weighted by Crippen LogP contribution is -2.47. The van der Waals surface area contributed by atoms with Crippen molar-refractivity contribution in [1.82, 2.24) is 9.80 Å². The minimum absolute atomic E-state index is 0.0301. The van der Waals surface area contributed by atoms with E-state index in [1.54, 1.807) is 29.0 Å². The average molecular weight is 350 g/mol. The van der Waals surface area contributed by atoms with Gasteiger partial charge in [0.25, 0.3) is 0 Å². The Morgan fingerprint density at radius 2 is 2.08 bits per heavy atom. The van der Waals surface area contributed by atoms with Gasteiger partial charge in [-0.2, -0.15) is 0 Å². The van der Waals surface area contributed by atoms with Crippen molar-refractivity contribution in [2.45, 2.75) is 45.8 Å². The monoisotopic (exact) mass is 350 g/mol. The van der Waals surface area contributed by atoms with E-state index in [4.69, 9.17) is 4.74 Å². The van der Waals surface area contributed by atoms with Gasteiger partial charge in [0.1, 0.15) is 11.4 Å². The summed E-state index contributed by atoms with van der Waals surface area (Å²) >= 11 is 0. The lowest BCUT2D eigenvalue weighted by atomic mass is 9.96. The van der Waals surface area contributed by atoms with Crippen molar-refractivity contribution < 1.29 is 18.7 Å². The van der Waals surface area contributed by atoms with Crippen LogP contribution in [-0.4, -0.2) is 47.5 Å². The van der Waals surface area contributed by atoms with Crippen molar-refractivity contribution in [2.75, 3.05) is 20.1 Å². The quantitative estimate of drug-likeness (QED) is 0.839. The van der Waals surface area contributed by atoms with E-state index in [1.165, 1.54) is 12.1 Å². The summed E-state index contributed by atoms with van der Waals surface area (Å²) in [4.78, 5) is 28.1. The van der Waals surface area contributed by atoms with Gasteiger partial charge < -0.3 is 14.5 Å². The number of halogens is 1. The zero-order valence-corrected chi connectivity index (χ0v) is 15.4. The number of piperidine rings is 1. The molecule has 1 aromatic carbocycles. The standard InChI is InChI=1S/C19H27FN2O3/c1-19(2,3)25-18(24)22-10-6-8-15(13-22)17(23)21(4)12-14-7-5-9-16(20)11-14/h5,7,9,11,15H,6,8,10,12-13H2,1-4H3. The summed E-state index contributed by atoms with van der Waals surface area (Å²) in [6.07, 6.45) is 1.13. The molecule has 6 heteroatoms. The minimum atomic E-state index is -0.553. The van der Waals surface area contributed by atoms with Crippen LogP contribution in [0, 0.1) is 11.7 Å². The predicted octanol–water partition coefficient (Wildman–Crippen LogP) is 3.43. The third-order valence-corrected chi connectivity index (χ3v) is 4.11. The van der Waals surface area contributed by atoms with E-state index in [-0.39, 0.29) is 23.7 Å². The molecule has 0 saturated carbocycles. The molecule has 1 unspecified atom stereocenters. The number of ether oxygens (including phenoxy) is 1. The van der Waals surface area contributed by atoms with Crippen molar-refractivity contribution in [2.24, 2.45) is 5.92 Å². The van der Waals surface area contributed by atoms with E-state index < -0.39 is 5.60 Å². The van der Waals surface area contributed by atoms with Crippen molar-refractivity contribution in [3.8, 4) is 0 Å². The number of hydrogen-bond donors (Lipinski definition) is 0. The molecule has 1 aliphatic rings. The van der Waals surface area contributed by atoms with Gasteiger partial charge in [0.15, 0.2) is 0 Å². The number of amides is 2. The fourth-order valence-electron chi connectivity index (χ4n) is 2.97. The molecule has 5 nitrogen and oxygen atoms in total. The van der Waals surface area contributed by atoms with Crippen molar-refractivity contribution in [3.05, 3.63) is 35.6 Å². The molecule has 1 atom stereocenters. The molecule has 0 bridgehead atoms. The molecule has 0 aliphatic carbocycles. The predicted molar refractivity (Wildman–Crippen MR) is 93.4 cm³/mol. The van der Waals surface area contributed by atoms with Gasteiger partial charge in [-0.05, 0) is 51.3 Å². The van der Waals surface area contributed by atoms with Crippen molar-refractivity contribution >= 4 is 12.0 Å². The van der Waals surface area contributed by atoms with Gasteiger partial charge in [0.05, 0.1) is 5.92 Å². The molecular formula is C19H27FN2O3. The maximum atomic E-state index is 13.3. The number of rotatable bonds is 3. The minimum Gasteiger partial charge on any atom is -0.444 e. The molecule has 0 N–H and O–H groups in total. The fourth-order valence-corrected chi connectivity index (χ4v) is 2.97. The summed E-state index contributed by atoms with van der Waals surface area (Å²) in [5, 5.41) is 0. The zero-order valence-electron chi connectivity index (χ0n) is 15.4. The highest BCUT2D eigenvalue weighted by molar-refractivity contribution is 5.80. The molecular weight excluding hydrogens is 323 g/mol. The highest BCUT2D eigenvalue weighted by Crippen LogP contribution is 2.21. The second kappa shape index (κ2) is 7.85. The molecule has 2 amide bonds. The van der Waals surface area contributed by atoms with E-state index in [0.29, 0.717) is 19.6 Å². The smallest absolute Gasteiger partial charge is 0.410 e. The average Bonchev–Trinajstić information content (AvgIpc) is 2.52. The van der Waals surface area contributed by atoms with Crippen LogP contribution in [0.25, 0.3) is 0 Å². The van der Waals surface area contributed by atoms with E-state index in [1.807, 2.05) is 20.8 Å². The largest absolute Gasteiger partial charge is 0.444 e. The van der Waals surface area contributed by atoms with Crippen LogP contribution in [-0.2, 0) is 16.1 Å². The first-order valence-electron chi connectivity index (χ1n) is 8.63. The molecule has 138 valence electrons. The molecule has 0 spiro atoms. The second-order valence-corrected chi connectivity index (χ2v) is 7.59. The lowest BCUT2D eigenvalue weighted by molar-refractivity contribution is -0.136. The van der Waals surface area contributed by atoms with Crippen LogP contribution in [0.5, 0.6) is 0 Å². The van der Waals surface area contributed by atoms with Gasteiger partial charge in [0.2, 0.25) is 5.91 Å². The second-order valence-electron chi connectivity index (χ2n) is 7.59. The van der Waals surface area contributed by atoms with E-state index >= 15 is 0 Å². The van der Waals surface area contributed by atoms with Gasteiger partial charge in [-0.3, -0.25) is 4.79 Å². The molecule has 0 aromatic heterocycles. The number of nitrogens with zero attached hydrogens (tertiary/aromatic N) is 2. The first kappa shape index (κ1) is 19.2. The Morgan fingerprint density at radius 1 is 1.36 bits per heavy atom. The SMILES string of the molecule is CN(Cc1cccc(F)c1)C(=O)C1CCCN(C(=O)OC(C)(C)C)C1. The number of hydrogen-bond acceptors (Lipinski definition) is 3. The molecule has 1 aliphatic heterocycles. The first-order valence-corrected chi connectivity index (χ1v) is 8.63. The van der Waals surface area contributed by atoms with Crippen LogP contribution in [0.1, 0.15) is 39.2 Å². The summed E-state index contributed by atoms with van der Waals surface area (Å²) in [6.45, 7) is 6.78. The lowest BCUT2D eigenvalue weighted by Gasteiger charge is -2.35. The number of carbonyl (C=O) groups is 2. The number of benzene rings is 1. The molecule has 25 heavy (non-hydrogen) atoms. The topological polar surface area (TPSA) is 49.9 Å². The van der Waals surface area contributed by atoms with E-state index in [2.05, 4.69) is 0 Å².